The van der Waals surface area contributed by atoms with Gasteiger partial charge in [0.25, 0.3) is 0 Å². The molecule has 5 atom stereocenters. The summed E-state index contributed by atoms with van der Waals surface area (Å²) < 4.78 is 25.1. The van der Waals surface area contributed by atoms with E-state index in [9.17, 15) is 0 Å². The first kappa shape index (κ1) is 17.9. The molecule has 0 radical (unpaired) electrons. The highest BCUT2D eigenvalue weighted by Crippen LogP contribution is 2.69. The summed E-state index contributed by atoms with van der Waals surface area (Å²) in [5.41, 5.74) is 6.25. The summed E-state index contributed by atoms with van der Waals surface area (Å²) in [5.74, 6) is 1.28. The Balaban J connectivity index is 1.49. The molecule has 2 heterocycles. The third-order valence-corrected chi connectivity index (χ3v) is 9.15. The van der Waals surface area contributed by atoms with Crippen molar-refractivity contribution < 1.29 is 18.9 Å². The van der Waals surface area contributed by atoms with E-state index in [1.54, 1.807) is 0 Å². The highest BCUT2D eigenvalue weighted by molar-refractivity contribution is 5.14. The molecule has 0 aromatic carbocycles. The zero-order valence-electron chi connectivity index (χ0n) is 16.4. The van der Waals surface area contributed by atoms with Gasteiger partial charge in [0, 0.05) is 23.7 Å². The maximum Gasteiger partial charge on any atom is 0.174 e. The molecular formula is C21H35NO4. The fraction of sp³-hybridized carbons (Fsp3) is 1.00. The average molecular weight is 366 g/mol. The minimum absolute atomic E-state index is 0.00956. The average Bonchev–Trinajstić information content (AvgIpc) is 3.34. The maximum absolute atomic E-state index is 6.30. The Morgan fingerprint density at radius 1 is 0.769 bits per heavy atom. The molecule has 5 aliphatic rings. The molecule has 5 nitrogen and oxygen atoms in total. The Morgan fingerprint density at radius 2 is 1.35 bits per heavy atom. The summed E-state index contributed by atoms with van der Waals surface area (Å²) in [4.78, 5) is 0. The van der Waals surface area contributed by atoms with Gasteiger partial charge >= 0.3 is 0 Å². The SMILES string of the molecule is CC12CC[C@H]3[C@@H](CCC4(OCCO4)[C@]3(C)CCN)[C@@H]1CCC21OCCO1. The van der Waals surface area contributed by atoms with Crippen molar-refractivity contribution in [3.63, 3.8) is 0 Å². The summed E-state index contributed by atoms with van der Waals surface area (Å²) in [6.45, 7) is 8.51. The van der Waals surface area contributed by atoms with Crippen LogP contribution in [0, 0.1) is 28.6 Å². The van der Waals surface area contributed by atoms with Crippen LogP contribution in [0.25, 0.3) is 0 Å². The van der Waals surface area contributed by atoms with Crippen LogP contribution in [-0.4, -0.2) is 44.5 Å². The third kappa shape index (κ3) is 2.04. The molecule has 5 heteroatoms. The number of hydrogen-bond donors (Lipinski definition) is 1. The van der Waals surface area contributed by atoms with Crippen LogP contribution in [0.15, 0.2) is 0 Å². The van der Waals surface area contributed by atoms with Gasteiger partial charge in [0.2, 0.25) is 0 Å². The molecule has 5 rings (SSSR count). The molecule has 2 aliphatic heterocycles. The molecule has 0 amide bonds. The van der Waals surface area contributed by atoms with E-state index in [2.05, 4.69) is 13.8 Å². The van der Waals surface area contributed by atoms with Crippen LogP contribution in [0.1, 0.15) is 58.8 Å². The van der Waals surface area contributed by atoms with Crippen LogP contribution in [0.4, 0.5) is 0 Å². The molecule has 26 heavy (non-hydrogen) atoms. The number of fused-ring (bicyclic) bond motifs is 4. The van der Waals surface area contributed by atoms with Gasteiger partial charge in [-0.3, -0.25) is 0 Å². The molecule has 5 fully saturated rings. The van der Waals surface area contributed by atoms with Crippen molar-refractivity contribution in [3.8, 4) is 0 Å². The number of nitrogens with two attached hydrogens (primary N) is 1. The summed E-state index contributed by atoms with van der Waals surface area (Å²) in [6, 6.07) is 0. The minimum Gasteiger partial charge on any atom is -0.347 e. The molecule has 0 aromatic heterocycles. The van der Waals surface area contributed by atoms with Crippen molar-refractivity contribution in [2.45, 2.75) is 70.4 Å². The van der Waals surface area contributed by atoms with Crippen LogP contribution in [0.3, 0.4) is 0 Å². The fourth-order valence-electron chi connectivity index (χ4n) is 7.90. The number of rotatable bonds is 2. The molecule has 1 unspecified atom stereocenters. The van der Waals surface area contributed by atoms with E-state index in [0.717, 1.165) is 45.7 Å². The third-order valence-electron chi connectivity index (χ3n) is 9.15. The van der Waals surface area contributed by atoms with Crippen LogP contribution in [0.2, 0.25) is 0 Å². The first-order valence-corrected chi connectivity index (χ1v) is 10.8. The van der Waals surface area contributed by atoms with E-state index in [-0.39, 0.29) is 16.6 Å². The minimum atomic E-state index is -0.405. The van der Waals surface area contributed by atoms with Crippen molar-refractivity contribution in [3.05, 3.63) is 0 Å². The second kappa shape index (κ2) is 5.90. The zero-order valence-corrected chi connectivity index (χ0v) is 16.4. The van der Waals surface area contributed by atoms with Crippen molar-refractivity contribution in [1.82, 2.24) is 0 Å². The van der Waals surface area contributed by atoms with Gasteiger partial charge in [0.05, 0.1) is 26.4 Å². The summed E-state index contributed by atoms with van der Waals surface area (Å²) in [6.07, 6.45) is 7.85. The van der Waals surface area contributed by atoms with E-state index in [1.807, 2.05) is 0 Å². The Bertz CT molecular complexity index is 556. The van der Waals surface area contributed by atoms with Crippen LogP contribution >= 0.6 is 0 Å². The van der Waals surface area contributed by atoms with Gasteiger partial charge < -0.3 is 24.7 Å². The summed E-state index contributed by atoms with van der Waals surface area (Å²) in [7, 11) is 0. The largest absolute Gasteiger partial charge is 0.347 e. The molecular weight excluding hydrogens is 330 g/mol. The Morgan fingerprint density at radius 3 is 2.00 bits per heavy atom. The van der Waals surface area contributed by atoms with Gasteiger partial charge in [-0.1, -0.05) is 13.8 Å². The predicted octanol–water partition coefficient (Wildman–Crippen LogP) is 3.06. The van der Waals surface area contributed by atoms with Gasteiger partial charge in [0.1, 0.15) is 0 Å². The predicted molar refractivity (Wildman–Crippen MR) is 97.3 cm³/mol. The highest BCUT2D eigenvalue weighted by atomic mass is 16.7. The molecule has 2 spiro atoms. The normalized spacial score (nSPS) is 48.8. The van der Waals surface area contributed by atoms with Crippen LogP contribution in [0.5, 0.6) is 0 Å². The monoisotopic (exact) mass is 365 g/mol. The van der Waals surface area contributed by atoms with Crippen molar-refractivity contribution >= 4 is 0 Å². The van der Waals surface area contributed by atoms with E-state index in [0.29, 0.717) is 24.3 Å². The molecule has 0 aromatic rings. The van der Waals surface area contributed by atoms with Gasteiger partial charge in [0.15, 0.2) is 11.6 Å². The van der Waals surface area contributed by atoms with E-state index >= 15 is 0 Å². The molecule has 2 saturated heterocycles. The molecule has 3 saturated carbocycles. The molecule has 148 valence electrons. The topological polar surface area (TPSA) is 62.9 Å². The number of ether oxygens (including phenoxy) is 4. The van der Waals surface area contributed by atoms with E-state index in [1.165, 1.54) is 25.7 Å². The lowest BCUT2D eigenvalue weighted by Crippen LogP contribution is -2.62. The van der Waals surface area contributed by atoms with Crippen molar-refractivity contribution in [2.75, 3.05) is 33.0 Å². The Kier molecular flexibility index (Phi) is 4.05. The first-order chi connectivity index (χ1) is 12.5. The smallest absolute Gasteiger partial charge is 0.174 e. The molecule has 3 aliphatic carbocycles. The zero-order chi connectivity index (χ0) is 18.0. The highest BCUT2D eigenvalue weighted by Gasteiger charge is 2.69. The van der Waals surface area contributed by atoms with Crippen LogP contribution in [-0.2, 0) is 18.9 Å². The van der Waals surface area contributed by atoms with Gasteiger partial charge in [-0.25, -0.2) is 0 Å². The fourth-order valence-corrected chi connectivity index (χ4v) is 7.90. The van der Waals surface area contributed by atoms with E-state index in [4.69, 9.17) is 24.7 Å². The van der Waals surface area contributed by atoms with Crippen molar-refractivity contribution in [2.24, 2.45) is 34.3 Å². The lowest BCUT2D eigenvalue weighted by Gasteiger charge is -2.61. The van der Waals surface area contributed by atoms with Gasteiger partial charge in [-0.05, 0) is 56.4 Å². The second-order valence-corrected chi connectivity index (χ2v) is 9.77. The standard InChI is InChI=1S/C21H35NO4/c1-18-6-4-16-15(17(18)5-8-21(18)25-13-14-26-21)3-7-20(23-11-12-24-20)19(16,2)9-10-22/h15-17H,3-14,22H2,1-2H3/t15-,16+,17+,18?,19-/m1/s1. The summed E-state index contributed by atoms with van der Waals surface area (Å²) in [5, 5.41) is 0. The molecule has 2 N–H and O–H groups in total. The van der Waals surface area contributed by atoms with Crippen LogP contribution < -0.4 is 5.73 Å². The summed E-state index contributed by atoms with van der Waals surface area (Å²) >= 11 is 0. The Hall–Kier alpha value is -0.200. The lowest BCUT2D eigenvalue weighted by molar-refractivity contribution is -0.301. The Labute approximate surface area is 157 Å². The second-order valence-electron chi connectivity index (χ2n) is 9.77. The van der Waals surface area contributed by atoms with Gasteiger partial charge in [-0.2, -0.15) is 0 Å². The maximum atomic E-state index is 6.30. The van der Waals surface area contributed by atoms with Gasteiger partial charge in [-0.15, -0.1) is 0 Å². The lowest BCUT2D eigenvalue weighted by atomic mass is 9.47. The quantitative estimate of drug-likeness (QED) is 0.815. The van der Waals surface area contributed by atoms with Crippen molar-refractivity contribution in [1.29, 1.82) is 0 Å². The number of hydrogen-bond acceptors (Lipinski definition) is 5. The van der Waals surface area contributed by atoms with E-state index < -0.39 is 5.79 Å². The first-order valence-electron chi connectivity index (χ1n) is 10.8. The molecule has 0 bridgehead atoms.